The Kier molecular flexibility index (Phi) is 6.74. The van der Waals surface area contributed by atoms with Gasteiger partial charge in [-0.15, -0.1) is 0 Å². The molecule has 2 amide bonds. The number of thioether (sulfide) groups is 1. The van der Waals surface area contributed by atoms with Crippen molar-refractivity contribution in [2.75, 3.05) is 32.0 Å². The molecule has 1 unspecified atom stereocenters. The molecule has 0 aliphatic carbocycles. The van der Waals surface area contributed by atoms with E-state index in [0.717, 1.165) is 23.6 Å². The third kappa shape index (κ3) is 5.24. The molecule has 2 fully saturated rings. The van der Waals surface area contributed by atoms with Gasteiger partial charge in [-0.2, -0.15) is 0 Å². The molecular weight excluding hydrogens is 402 g/mol. The van der Waals surface area contributed by atoms with E-state index in [1.807, 2.05) is 53.4 Å². The Labute approximate surface area is 180 Å². The number of hydrogen-bond donors (Lipinski definition) is 0. The zero-order valence-electron chi connectivity index (χ0n) is 16.7. The largest absolute Gasteiger partial charge is 0.490 e. The molecule has 2 aliphatic rings. The van der Waals surface area contributed by atoms with Crippen LogP contribution in [0.25, 0.3) is 0 Å². The molecule has 3 heterocycles. The number of cyclic esters (lactones) is 1. The molecule has 1 atom stereocenters. The molecule has 0 radical (unpaired) electrons. The fourth-order valence-electron chi connectivity index (χ4n) is 3.72. The van der Waals surface area contributed by atoms with Crippen molar-refractivity contribution in [2.45, 2.75) is 30.0 Å². The molecule has 1 aromatic carbocycles. The van der Waals surface area contributed by atoms with Crippen LogP contribution in [0.1, 0.15) is 12.8 Å². The first kappa shape index (κ1) is 20.5. The predicted molar refractivity (Wildman–Crippen MR) is 113 cm³/mol. The second kappa shape index (κ2) is 9.84. The maximum absolute atomic E-state index is 12.5. The van der Waals surface area contributed by atoms with E-state index in [2.05, 4.69) is 4.98 Å². The van der Waals surface area contributed by atoms with Crippen molar-refractivity contribution in [1.82, 2.24) is 14.8 Å². The SMILES string of the molecule is O=C(CSc1ccccn1)N1CCC(N2CC(COc3ccccc3)OC2=O)CC1. The fourth-order valence-corrected chi connectivity index (χ4v) is 4.48. The van der Waals surface area contributed by atoms with Crippen molar-refractivity contribution in [3.05, 3.63) is 54.7 Å². The van der Waals surface area contributed by atoms with Gasteiger partial charge in [0.25, 0.3) is 0 Å². The zero-order chi connectivity index (χ0) is 20.8. The molecular formula is C22H25N3O4S. The Morgan fingerprint density at radius 3 is 2.63 bits per heavy atom. The average Bonchev–Trinajstić information content (AvgIpc) is 3.18. The monoisotopic (exact) mass is 427 g/mol. The predicted octanol–water partition coefficient (Wildman–Crippen LogP) is 3.06. The summed E-state index contributed by atoms with van der Waals surface area (Å²) in [6.07, 6.45) is 2.70. The minimum absolute atomic E-state index is 0.103. The van der Waals surface area contributed by atoms with Gasteiger partial charge >= 0.3 is 6.09 Å². The van der Waals surface area contributed by atoms with Crippen molar-refractivity contribution >= 4 is 23.8 Å². The van der Waals surface area contributed by atoms with Crippen LogP contribution in [0.4, 0.5) is 4.79 Å². The number of ether oxygens (including phenoxy) is 2. The number of carbonyl (C=O) groups excluding carboxylic acids is 2. The van der Waals surface area contributed by atoms with Crippen molar-refractivity contribution < 1.29 is 19.1 Å². The van der Waals surface area contributed by atoms with Gasteiger partial charge in [0.2, 0.25) is 5.91 Å². The molecule has 8 heteroatoms. The maximum Gasteiger partial charge on any atom is 0.410 e. The van der Waals surface area contributed by atoms with Gasteiger partial charge in [-0.3, -0.25) is 4.79 Å². The molecule has 0 spiro atoms. The number of amides is 2. The summed E-state index contributed by atoms with van der Waals surface area (Å²) in [7, 11) is 0. The second-order valence-electron chi connectivity index (χ2n) is 7.35. The highest BCUT2D eigenvalue weighted by atomic mass is 32.2. The minimum atomic E-state index is -0.285. The van der Waals surface area contributed by atoms with E-state index < -0.39 is 0 Å². The van der Waals surface area contributed by atoms with E-state index in [0.29, 0.717) is 32.0 Å². The summed E-state index contributed by atoms with van der Waals surface area (Å²) in [5.74, 6) is 1.26. The van der Waals surface area contributed by atoms with Gasteiger partial charge in [-0.1, -0.05) is 36.0 Å². The standard InChI is InChI=1S/C22H25N3O4S/c26-21(16-30-20-8-4-5-11-23-20)24-12-9-17(10-13-24)25-14-19(29-22(25)27)15-28-18-6-2-1-3-7-18/h1-8,11,17,19H,9-10,12-16H2. The first-order valence-corrected chi connectivity index (χ1v) is 11.1. The van der Waals surface area contributed by atoms with Crippen molar-refractivity contribution in [1.29, 1.82) is 0 Å². The van der Waals surface area contributed by atoms with Crippen molar-refractivity contribution in [3.8, 4) is 5.75 Å². The first-order chi connectivity index (χ1) is 14.7. The Morgan fingerprint density at radius 2 is 1.90 bits per heavy atom. The molecule has 2 aliphatic heterocycles. The van der Waals surface area contributed by atoms with Crippen molar-refractivity contribution in [2.24, 2.45) is 0 Å². The van der Waals surface area contributed by atoms with Gasteiger partial charge in [0, 0.05) is 25.3 Å². The molecule has 30 heavy (non-hydrogen) atoms. The molecule has 2 saturated heterocycles. The van der Waals surface area contributed by atoms with Crippen LogP contribution in [0, 0.1) is 0 Å². The molecule has 2 aromatic rings. The van der Waals surface area contributed by atoms with E-state index in [1.165, 1.54) is 11.8 Å². The van der Waals surface area contributed by atoms with Crippen LogP contribution in [0.5, 0.6) is 5.75 Å². The number of hydrogen-bond acceptors (Lipinski definition) is 6. The third-order valence-electron chi connectivity index (χ3n) is 5.32. The Balaban J connectivity index is 1.21. The number of carbonyl (C=O) groups is 2. The number of piperidine rings is 1. The van der Waals surface area contributed by atoms with E-state index >= 15 is 0 Å². The number of pyridine rings is 1. The highest BCUT2D eigenvalue weighted by Gasteiger charge is 2.38. The van der Waals surface area contributed by atoms with Crippen LogP contribution in [0.2, 0.25) is 0 Å². The summed E-state index contributed by atoms with van der Waals surface area (Å²) in [6, 6.07) is 15.3. The highest BCUT2D eigenvalue weighted by molar-refractivity contribution is 7.99. The van der Waals surface area contributed by atoms with Crippen molar-refractivity contribution in [3.63, 3.8) is 0 Å². The second-order valence-corrected chi connectivity index (χ2v) is 8.35. The molecule has 7 nitrogen and oxygen atoms in total. The van der Waals surface area contributed by atoms with E-state index in [1.54, 1.807) is 11.1 Å². The molecule has 1 aromatic heterocycles. The van der Waals surface area contributed by atoms with E-state index in [4.69, 9.17) is 9.47 Å². The van der Waals surface area contributed by atoms with Gasteiger partial charge in [-0.25, -0.2) is 9.78 Å². The first-order valence-electron chi connectivity index (χ1n) is 10.2. The third-order valence-corrected chi connectivity index (χ3v) is 6.25. The van der Waals surface area contributed by atoms with Gasteiger partial charge < -0.3 is 19.3 Å². The Morgan fingerprint density at radius 1 is 1.13 bits per heavy atom. The lowest BCUT2D eigenvalue weighted by molar-refractivity contribution is -0.129. The molecule has 158 valence electrons. The minimum Gasteiger partial charge on any atom is -0.490 e. The Bertz CT molecular complexity index is 844. The number of para-hydroxylation sites is 1. The summed E-state index contributed by atoms with van der Waals surface area (Å²) >= 11 is 1.45. The smallest absolute Gasteiger partial charge is 0.410 e. The zero-order valence-corrected chi connectivity index (χ0v) is 17.5. The van der Waals surface area contributed by atoms with Crippen LogP contribution >= 0.6 is 11.8 Å². The van der Waals surface area contributed by atoms with Gasteiger partial charge in [0.05, 0.1) is 17.3 Å². The number of nitrogens with zero attached hydrogens (tertiary/aromatic N) is 3. The Hall–Kier alpha value is -2.74. The normalized spacial score (nSPS) is 19.6. The quantitative estimate of drug-likeness (QED) is 0.633. The summed E-state index contributed by atoms with van der Waals surface area (Å²) in [4.78, 5) is 32.7. The summed E-state index contributed by atoms with van der Waals surface area (Å²) < 4.78 is 11.2. The average molecular weight is 428 g/mol. The maximum atomic E-state index is 12.5. The molecule has 0 bridgehead atoms. The molecule has 0 N–H and O–H groups in total. The van der Waals surface area contributed by atoms with Crippen LogP contribution in [-0.4, -0.2) is 70.9 Å². The van der Waals surface area contributed by atoms with Gasteiger partial charge in [0.15, 0.2) is 6.10 Å². The molecule has 0 saturated carbocycles. The van der Waals surface area contributed by atoms with Crippen LogP contribution in [0.15, 0.2) is 59.8 Å². The fraction of sp³-hybridized carbons (Fsp3) is 0.409. The van der Waals surface area contributed by atoms with E-state index in [9.17, 15) is 9.59 Å². The van der Waals surface area contributed by atoms with Crippen LogP contribution in [-0.2, 0) is 9.53 Å². The highest BCUT2D eigenvalue weighted by Crippen LogP contribution is 2.24. The number of likely N-dealkylation sites (tertiary alicyclic amines) is 1. The molecule has 4 rings (SSSR count). The lowest BCUT2D eigenvalue weighted by Crippen LogP contribution is -2.47. The number of benzene rings is 1. The van der Waals surface area contributed by atoms with Gasteiger partial charge in [-0.05, 0) is 37.1 Å². The van der Waals surface area contributed by atoms with Gasteiger partial charge in [0.1, 0.15) is 12.4 Å². The van der Waals surface area contributed by atoms with E-state index in [-0.39, 0.29) is 24.1 Å². The lowest BCUT2D eigenvalue weighted by atomic mass is 10.0. The number of aromatic nitrogens is 1. The van der Waals surface area contributed by atoms with Crippen LogP contribution in [0.3, 0.4) is 0 Å². The van der Waals surface area contributed by atoms with Crippen LogP contribution < -0.4 is 4.74 Å². The topological polar surface area (TPSA) is 72.0 Å². The number of rotatable bonds is 7. The summed E-state index contributed by atoms with van der Waals surface area (Å²) in [5.41, 5.74) is 0. The summed E-state index contributed by atoms with van der Waals surface area (Å²) in [6.45, 7) is 2.18. The lowest BCUT2D eigenvalue weighted by Gasteiger charge is -2.35. The summed E-state index contributed by atoms with van der Waals surface area (Å²) in [5, 5.41) is 0.851.